The van der Waals surface area contributed by atoms with Crippen molar-refractivity contribution in [2.24, 2.45) is 0 Å². The van der Waals surface area contributed by atoms with Gasteiger partial charge in [-0.1, -0.05) is 35.3 Å². The molecule has 0 saturated carbocycles. The Bertz CT molecular complexity index is 249. The van der Waals surface area contributed by atoms with Crippen molar-refractivity contribution >= 4 is 0 Å². The third-order valence-corrected chi connectivity index (χ3v) is 3.22. The van der Waals surface area contributed by atoms with E-state index in [-0.39, 0.29) is 0 Å². The molecule has 0 aliphatic carbocycles. The normalized spacial score (nSPS) is 11.4. The zero-order chi connectivity index (χ0) is 12.4. The van der Waals surface area contributed by atoms with Gasteiger partial charge in [-0.2, -0.15) is 0 Å². The molecule has 0 saturated heterocycles. The SMILES string of the molecule is C=CCC(=CC)CCCCCC(C)=C(C)C. The van der Waals surface area contributed by atoms with Crippen LogP contribution in [0.5, 0.6) is 0 Å². The van der Waals surface area contributed by atoms with E-state index in [4.69, 9.17) is 0 Å². The first kappa shape index (κ1) is 15.2. The summed E-state index contributed by atoms with van der Waals surface area (Å²) in [4.78, 5) is 0. The number of hydrogen-bond donors (Lipinski definition) is 0. The molecule has 0 aliphatic rings. The third-order valence-electron chi connectivity index (χ3n) is 3.22. The summed E-state index contributed by atoms with van der Waals surface area (Å²) in [6.45, 7) is 12.6. The smallest absolute Gasteiger partial charge is 0.0142 e. The minimum absolute atomic E-state index is 1.06. The minimum Gasteiger partial charge on any atom is -0.103 e. The lowest BCUT2D eigenvalue weighted by molar-refractivity contribution is 0.666. The molecular formula is C16H28. The summed E-state index contributed by atoms with van der Waals surface area (Å²) in [5.74, 6) is 0. The first-order valence-electron chi connectivity index (χ1n) is 6.49. The highest BCUT2D eigenvalue weighted by molar-refractivity contribution is 5.06. The van der Waals surface area contributed by atoms with Gasteiger partial charge in [0, 0.05) is 0 Å². The third kappa shape index (κ3) is 7.50. The highest BCUT2D eigenvalue weighted by Gasteiger charge is 1.96. The lowest BCUT2D eigenvalue weighted by atomic mass is 10.0. The van der Waals surface area contributed by atoms with Crippen LogP contribution >= 0.6 is 0 Å². The highest BCUT2D eigenvalue weighted by Crippen LogP contribution is 2.16. The Morgan fingerprint density at radius 2 is 1.62 bits per heavy atom. The molecule has 0 unspecified atom stereocenters. The van der Waals surface area contributed by atoms with E-state index in [0.29, 0.717) is 0 Å². The number of unbranched alkanes of at least 4 members (excludes halogenated alkanes) is 2. The predicted octanol–water partition coefficient (Wildman–Crippen LogP) is 5.82. The Kier molecular flexibility index (Phi) is 8.99. The number of rotatable bonds is 8. The van der Waals surface area contributed by atoms with E-state index < -0.39 is 0 Å². The quantitative estimate of drug-likeness (QED) is 0.357. The fourth-order valence-corrected chi connectivity index (χ4v) is 1.72. The molecule has 0 spiro atoms. The molecule has 0 aromatic rings. The first-order chi connectivity index (χ1) is 7.61. The fourth-order valence-electron chi connectivity index (χ4n) is 1.72. The maximum Gasteiger partial charge on any atom is -0.0142 e. The first-order valence-corrected chi connectivity index (χ1v) is 6.49. The van der Waals surface area contributed by atoms with Crippen molar-refractivity contribution in [3.8, 4) is 0 Å². The molecule has 0 atom stereocenters. The second-order valence-electron chi connectivity index (χ2n) is 4.78. The van der Waals surface area contributed by atoms with Gasteiger partial charge >= 0.3 is 0 Å². The Labute approximate surface area is 102 Å². The maximum absolute atomic E-state index is 3.79. The summed E-state index contributed by atoms with van der Waals surface area (Å²) in [7, 11) is 0. The van der Waals surface area contributed by atoms with Crippen LogP contribution in [0, 0.1) is 0 Å². The van der Waals surface area contributed by atoms with Gasteiger partial charge in [-0.05, 0) is 59.8 Å². The van der Waals surface area contributed by atoms with Gasteiger partial charge in [0.15, 0.2) is 0 Å². The summed E-state index contributed by atoms with van der Waals surface area (Å²) in [5.41, 5.74) is 4.59. The van der Waals surface area contributed by atoms with Crippen LogP contribution < -0.4 is 0 Å². The Hall–Kier alpha value is -0.780. The molecule has 0 heteroatoms. The summed E-state index contributed by atoms with van der Waals surface area (Å²) >= 11 is 0. The zero-order valence-electron chi connectivity index (χ0n) is 11.6. The Morgan fingerprint density at radius 1 is 1.00 bits per heavy atom. The lowest BCUT2D eigenvalue weighted by Crippen LogP contribution is -1.86. The monoisotopic (exact) mass is 220 g/mol. The molecule has 0 fully saturated rings. The molecule has 0 bridgehead atoms. The number of hydrogen-bond acceptors (Lipinski definition) is 0. The Balaban J connectivity index is 3.61. The number of allylic oxidation sites excluding steroid dienone is 5. The summed E-state index contributed by atoms with van der Waals surface area (Å²) in [6.07, 6.45) is 11.8. The molecule has 0 aromatic heterocycles. The van der Waals surface area contributed by atoms with Gasteiger partial charge in [0.2, 0.25) is 0 Å². The van der Waals surface area contributed by atoms with E-state index in [9.17, 15) is 0 Å². The van der Waals surface area contributed by atoms with Gasteiger partial charge in [-0.25, -0.2) is 0 Å². The topological polar surface area (TPSA) is 0 Å². The van der Waals surface area contributed by atoms with Crippen LogP contribution in [0.3, 0.4) is 0 Å². The van der Waals surface area contributed by atoms with E-state index in [1.165, 1.54) is 43.3 Å². The zero-order valence-corrected chi connectivity index (χ0v) is 11.6. The molecule has 0 N–H and O–H groups in total. The van der Waals surface area contributed by atoms with Crippen LogP contribution in [0.2, 0.25) is 0 Å². The van der Waals surface area contributed by atoms with Crippen molar-refractivity contribution < 1.29 is 0 Å². The second kappa shape index (κ2) is 9.45. The van der Waals surface area contributed by atoms with E-state index in [1.54, 1.807) is 5.57 Å². The molecule has 16 heavy (non-hydrogen) atoms. The average Bonchev–Trinajstić information content (AvgIpc) is 2.26. The van der Waals surface area contributed by atoms with Crippen LogP contribution in [0.1, 0.15) is 66.2 Å². The van der Waals surface area contributed by atoms with Crippen molar-refractivity contribution in [1.29, 1.82) is 0 Å². The van der Waals surface area contributed by atoms with Crippen LogP contribution in [-0.2, 0) is 0 Å². The van der Waals surface area contributed by atoms with Crippen LogP contribution in [0.4, 0.5) is 0 Å². The van der Waals surface area contributed by atoms with Gasteiger partial charge in [-0.3, -0.25) is 0 Å². The van der Waals surface area contributed by atoms with Crippen molar-refractivity contribution in [3.63, 3.8) is 0 Å². The fraction of sp³-hybridized carbons (Fsp3) is 0.625. The van der Waals surface area contributed by atoms with Crippen molar-refractivity contribution in [1.82, 2.24) is 0 Å². The molecule has 0 rings (SSSR count). The molecule has 0 heterocycles. The summed E-state index contributed by atoms with van der Waals surface area (Å²) < 4.78 is 0. The molecule has 0 aliphatic heterocycles. The maximum atomic E-state index is 3.79. The van der Waals surface area contributed by atoms with Gasteiger partial charge in [0.1, 0.15) is 0 Å². The van der Waals surface area contributed by atoms with Gasteiger partial charge in [0.25, 0.3) is 0 Å². The largest absolute Gasteiger partial charge is 0.103 e. The molecule has 92 valence electrons. The predicted molar refractivity (Wildman–Crippen MR) is 75.7 cm³/mol. The van der Waals surface area contributed by atoms with Crippen molar-refractivity contribution in [2.45, 2.75) is 66.2 Å². The molecule has 0 amide bonds. The second-order valence-corrected chi connectivity index (χ2v) is 4.78. The van der Waals surface area contributed by atoms with Gasteiger partial charge in [-0.15, -0.1) is 6.58 Å². The molecule has 0 nitrogen and oxygen atoms in total. The van der Waals surface area contributed by atoms with Crippen LogP contribution in [0.25, 0.3) is 0 Å². The minimum atomic E-state index is 1.06. The van der Waals surface area contributed by atoms with Crippen molar-refractivity contribution in [3.05, 3.63) is 35.5 Å². The highest BCUT2D eigenvalue weighted by atomic mass is 14.0. The van der Waals surface area contributed by atoms with Crippen LogP contribution in [0.15, 0.2) is 35.5 Å². The van der Waals surface area contributed by atoms with E-state index >= 15 is 0 Å². The summed E-state index contributed by atoms with van der Waals surface area (Å²) in [6, 6.07) is 0. The standard InChI is InChI=1S/C16H28/c1-6-11-16(7-2)13-10-8-9-12-15(5)14(3)4/h6-7H,1,8-13H2,2-5H3. The Morgan fingerprint density at radius 3 is 2.12 bits per heavy atom. The van der Waals surface area contributed by atoms with E-state index in [2.05, 4.69) is 40.3 Å². The molecule has 0 radical (unpaired) electrons. The molecular weight excluding hydrogens is 192 g/mol. The summed E-state index contributed by atoms with van der Waals surface area (Å²) in [5, 5.41) is 0. The van der Waals surface area contributed by atoms with Gasteiger partial charge in [0.05, 0.1) is 0 Å². The average molecular weight is 220 g/mol. The van der Waals surface area contributed by atoms with E-state index in [0.717, 1.165) is 6.42 Å². The van der Waals surface area contributed by atoms with Crippen molar-refractivity contribution in [2.75, 3.05) is 0 Å². The van der Waals surface area contributed by atoms with Crippen LogP contribution in [-0.4, -0.2) is 0 Å². The lowest BCUT2D eigenvalue weighted by Gasteiger charge is -2.06. The molecule has 0 aromatic carbocycles. The van der Waals surface area contributed by atoms with Gasteiger partial charge < -0.3 is 0 Å². The van der Waals surface area contributed by atoms with E-state index in [1.807, 2.05) is 6.08 Å².